The molecule has 4 heteroatoms. The van der Waals surface area contributed by atoms with E-state index < -0.39 is 17.0 Å². The van der Waals surface area contributed by atoms with Gasteiger partial charge in [-0.25, -0.2) is 0 Å². The van der Waals surface area contributed by atoms with Crippen molar-refractivity contribution in [2.75, 3.05) is 13.1 Å². The monoisotopic (exact) mass is 257 g/mol. The Balaban J connectivity index is 2.33. The third-order valence-corrected chi connectivity index (χ3v) is 4.21. The number of carboxylic acids is 1. The van der Waals surface area contributed by atoms with Gasteiger partial charge in [0.1, 0.15) is 0 Å². The fourth-order valence-electron chi connectivity index (χ4n) is 2.48. The van der Waals surface area contributed by atoms with E-state index in [1.807, 2.05) is 0 Å². The molecule has 1 aliphatic rings. The van der Waals surface area contributed by atoms with Gasteiger partial charge in [0, 0.05) is 13.1 Å². The summed E-state index contributed by atoms with van der Waals surface area (Å²) < 4.78 is 0. The zero-order valence-electron chi connectivity index (χ0n) is 11.8. The number of hydrogen-bond donors (Lipinski definition) is 3. The summed E-state index contributed by atoms with van der Waals surface area (Å²) in [5.41, 5.74) is -1.42. The molecule has 0 aromatic rings. The van der Waals surface area contributed by atoms with E-state index in [-0.39, 0.29) is 0 Å². The third-order valence-electron chi connectivity index (χ3n) is 4.21. The SMILES string of the molecule is CCC1CCC(O)(CNCC(C)(C)C(=O)O)CC1. The van der Waals surface area contributed by atoms with Gasteiger partial charge in [0.15, 0.2) is 0 Å². The molecular weight excluding hydrogens is 230 g/mol. The Morgan fingerprint density at radius 1 is 1.39 bits per heavy atom. The first-order valence-electron chi connectivity index (χ1n) is 6.95. The standard InChI is InChI=1S/C14H27NO3/c1-4-11-5-7-14(18,8-6-11)10-15-9-13(2,3)12(16)17/h11,15,18H,4-10H2,1-3H3,(H,16,17). The molecule has 1 aliphatic carbocycles. The van der Waals surface area contributed by atoms with Crippen LogP contribution in [0, 0.1) is 11.3 Å². The number of aliphatic carboxylic acids is 1. The van der Waals surface area contributed by atoms with Gasteiger partial charge >= 0.3 is 5.97 Å². The summed E-state index contributed by atoms with van der Waals surface area (Å²) in [7, 11) is 0. The Hall–Kier alpha value is -0.610. The van der Waals surface area contributed by atoms with E-state index in [0.29, 0.717) is 13.1 Å². The maximum atomic E-state index is 11.0. The zero-order chi connectivity index (χ0) is 13.8. The van der Waals surface area contributed by atoms with Crippen LogP contribution in [0.4, 0.5) is 0 Å². The van der Waals surface area contributed by atoms with Crippen molar-refractivity contribution >= 4 is 5.97 Å². The number of carboxylic acid groups (broad SMARTS) is 1. The maximum absolute atomic E-state index is 11.0. The first-order chi connectivity index (χ1) is 8.29. The van der Waals surface area contributed by atoms with Crippen LogP contribution in [0.2, 0.25) is 0 Å². The topological polar surface area (TPSA) is 69.6 Å². The molecule has 1 rings (SSSR count). The second-order valence-corrected chi connectivity index (χ2v) is 6.37. The lowest BCUT2D eigenvalue weighted by Crippen LogP contribution is -2.47. The molecule has 0 atom stereocenters. The Labute approximate surface area is 110 Å². The zero-order valence-corrected chi connectivity index (χ0v) is 11.8. The first kappa shape index (κ1) is 15.4. The van der Waals surface area contributed by atoms with Gasteiger partial charge in [0.25, 0.3) is 0 Å². The largest absolute Gasteiger partial charge is 0.481 e. The van der Waals surface area contributed by atoms with Gasteiger partial charge in [-0.05, 0) is 45.4 Å². The van der Waals surface area contributed by atoms with E-state index >= 15 is 0 Å². The fourth-order valence-corrected chi connectivity index (χ4v) is 2.48. The van der Waals surface area contributed by atoms with Crippen LogP contribution in [0.15, 0.2) is 0 Å². The van der Waals surface area contributed by atoms with Crippen LogP contribution in [0.1, 0.15) is 52.9 Å². The highest BCUT2D eigenvalue weighted by atomic mass is 16.4. The van der Waals surface area contributed by atoms with Crippen molar-refractivity contribution in [2.45, 2.75) is 58.5 Å². The molecule has 0 aliphatic heterocycles. The molecule has 0 saturated heterocycles. The summed E-state index contributed by atoms with van der Waals surface area (Å²) in [4.78, 5) is 11.0. The Kier molecular flexibility index (Phi) is 5.17. The molecule has 106 valence electrons. The van der Waals surface area contributed by atoms with Gasteiger partial charge in [0.05, 0.1) is 11.0 Å². The van der Waals surface area contributed by atoms with Gasteiger partial charge < -0.3 is 15.5 Å². The Morgan fingerprint density at radius 3 is 2.39 bits per heavy atom. The highest BCUT2D eigenvalue weighted by Crippen LogP contribution is 2.33. The summed E-state index contributed by atoms with van der Waals surface area (Å²) in [5, 5.41) is 22.5. The lowest BCUT2D eigenvalue weighted by Gasteiger charge is -2.36. The molecule has 0 spiro atoms. The summed E-state index contributed by atoms with van der Waals surface area (Å²) in [6.07, 6.45) is 5.00. The van der Waals surface area contributed by atoms with E-state index in [0.717, 1.165) is 31.6 Å². The minimum absolute atomic E-state index is 0.391. The van der Waals surface area contributed by atoms with Crippen LogP contribution < -0.4 is 5.32 Å². The van der Waals surface area contributed by atoms with E-state index in [1.54, 1.807) is 13.8 Å². The van der Waals surface area contributed by atoms with Gasteiger partial charge in [-0.2, -0.15) is 0 Å². The van der Waals surface area contributed by atoms with Crippen LogP contribution in [-0.2, 0) is 4.79 Å². The second-order valence-electron chi connectivity index (χ2n) is 6.37. The summed E-state index contributed by atoms with van der Waals surface area (Å²) in [5.74, 6) is -0.0579. The predicted molar refractivity (Wildman–Crippen MR) is 71.5 cm³/mol. The van der Waals surface area contributed by atoms with Crippen LogP contribution in [0.25, 0.3) is 0 Å². The molecule has 0 aromatic heterocycles. The molecule has 0 amide bonds. The lowest BCUT2D eigenvalue weighted by atomic mass is 9.77. The average Bonchev–Trinajstić information content (AvgIpc) is 2.29. The van der Waals surface area contributed by atoms with Gasteiger partial charge in [-0.3, -0.25) is 4.79 Å². The molecular formula is C14H27NO3. The normalized spacial score (nSPS) is 29.2. The summed E-state index contributed by atoms with van der Waals surface area (Å²) in [6, 6.07) is 0. The van der Waals surface area contributed by atoms with Gasteiger partial charge in [-0.15, -0.1) is 0 Å². The lowest BCUT2D eigenvalue weighted by molar-refractivity contribution is -0.146. The van der Waals surface area contributed by atoms with Crippen LogP contribution in [0.3, 0.4) is 0 Å². The van der Waals surface area contributed by atoms with Crippen molar-refractivity contribution in [1.82, 2.24) is 5.32 Å². The number of hydrogen-bond acceptors (Lipinski definition) is 3. The molecule has 1 saturated carbocycles. The predicted octanol–water partition coefficient (Wildman–Crippen LogP) is 2.02. The average molecular weight is 257 g/mol. The van der Waals surface area contributed by atoms with E-state index in [1.165, 1.54) is 6.42 Å². The summed E-state index contributed by atoms with van der Waals surface area (Å²) >= 11 is 0. The molecule has 0 bridgehead atoms. The molecule has 0 radical (unpaired) electrons. The van der Waals surface area contributed by atoms with Crippen LogP contribution >= 0.6 is 0 Å². The molecule has 18 heavy (non-hydrogen) atoms. The minimum Gasteiger partial charge on any atom is -0.481 e. The molecule has 0 unspecified atom stereocenters. The molecule has 4 nitrogen and oxygen atoms in total. The van der Waals surface area contributed by atoms with Gasteiger partial charge in [0.2, 0.25) is 0 Å². The van der Waals surface area contributed by atoms with Crippen molar-refractivity contribution in [3.8, 4) is 0 Å². The summed E-state index contributed by atoms with van der Waals surface area (Å²) in [6.45, 7) is 6.48. The van der Waals surface area contributed by atoms with Crippen molar-refractivity contribution in [2.24, 2.45) is 11.3 Å². The van der Waals surface area contributed by atoms with Crippen molar-refractivity contribution in [1.29, 1.82) is 0 Å². The quantitative estimate of drug-likeness (QED) is 0.681. The Bertz CT molecular complexity index is 281. The second kappa shape index (κ2) is 6.02. The maximum Gasteiger partial charge on any atom is 0.310 e. The highest BCUT2D eigenvalue weighted by molar-refractivity contribution is 5.73. The number of aliphatic hydroxyl groups is 1. The molecule has 3 N–H and O–H groups in total. The van der Waals surface area contributed by atoms with Crippen LogP contribution in [-0.4, -0.2) is 34.9 Å². The molecule has 0 heterocycles. The minimum atomic E-state index is -0.809. The number of nitrogens with one attached hydrogen (secondary N) is 1. The Morgan fingerprint density at radius 2 is 1.94 bits per heavy atom. The van der Waals surface area contributed by atoms with Crippen LogP contribution in [0.5, 0.6) is 0 Å². The van der Waals surface area contributed by atoms with Crippen molar-refractivity contribution in [3.63, 3.8) is 0 Å². The highest BCUT2D eigenvalue weighted by Gasteiger charge is 2.33. The van der Waals surface area contributed by atoms with Crippen molar-refractivity contribution in [3.05, 3.63) is 0 Å². The first-order valence-corrected chi connectivity index (χ1v) is 6.95. The van der Waals surface area contributed by atoms with Gasteiger partial charge in [-0.1, -0.05) is 13.3 Å². The van der Waals surface area contributed by atoms with E-state index in [9.17, 15) is 9.90 Å². The third kappa shape index (κ3) is 4.25. The number of carbonyl (C=O) groups is 1. The van der Waals surface area contributed by atoms with E-state index in [4.69, 9.17) is 5.11 Å². The van der Waals surface area contributed by atoms with E-state index in [2.05, 4.69) is 12.2 Å². The number of rotatable bonds is 6. The molecule has 0 aromatic carbocycles. The smallest absolute Gasteiger partial charge is 0.310 e. The fraction of sp³-hybridized carbons (Fsp3) is 0.929. The van der Waals surface area contributed by atoms with Crippen molar-refractivity contribution < 1.29 is 15.0 Å². The molecule has 1 fully saturated rings.